The minimum Gasteiger partial charge on any atom is -0.469 e. The van der Waals surface area contributed by atoms with E-state index in [4.69, 9.17) is 5.73 Å². The highest BCUT2D eigenvalue weighted by Crippen LogP contribution is 2.19. The second-order valence-electron chi connectivity index (χ2n) is 4.19. The second kappa shape index (κ2) is 6.67. The van der Waals surface area contributed by atoms with Crippen molar-refractivity contribution in [2.24, 2.45) is 0 Å². The number of rotatable bonds is 6. The molecule has 0 fully saturated rings. The summed E-state index contributed by atoms with van der Waals surface area (Å²) in [5.41, 5.74) is 5.13. The van der Waals surface area contributed by atoms with E-state index in [0.717, 1.165) is 22.5 Å². The highest BCUT2D eigenvalue weighted by atomic mass is 32.2. The van der Waals surface area contributed by atoms with Crippen LogP contribution in [0.2, 0.25) is 0 Å². The highest BCUT2D eigenvalue weighted by Gasteiger charge is 2.21. The maximum atomic E-state index is 13.0. The van der Waals surface area contributed by atoms with Crippen molar-refractivity contribution in [1.82, 2.24) is 4.31 Å². The van der Waals surface area contributed by atoms with E-state index in [1.54, 1.807) is 0 Å². The van der Waals surface area contributed by atoms with E-state index in [-0.39, 0.29) is 23.5 Å². The lowest BCUT2D eigenvalue weighted by atomic mass is 10.3. The Bertz CT molecular complexity index is 589. The fraction of sp³-hybridized carbons (Fsp3) is 0.417. The zero-order valence-corrected chi connectivity index (χ0v) is 12.1. The Balaban J connectivity index is 2.77. The Kier molecular flexibility index (Phi) is 5.46. The Hall–Kier alpha value is -1.67. The monoisotopic (exact) mass is 304 g/mol. The summed E-state index contributed by atoms with van der Waals surface area (Å²) in [7, 11) is -1.10. The smallest absolute Gasteiger partial charge is 0.305 e. The number of anilines is 1. The van der Waals surface area contributed by atoms with Gasteiger partial charge in [0, 0.05) is 20.0 Å². The first-order chi connectivity index (χ1) is 9.28. The van der Waals surface area contributed by atoms with Gasteiger partial charge < -0.3 is 10.5 Å². The van der Waals surface area contributed by atoms with Crippen LogP contribution in [0.5, 0.6) is 0 Å². The largest absolute Gasteiger partial charge is 0.469 e. The van der Waals surface area contributed by atoms with Gasteiger partial charge in [0.05, 0.1) is 17.7 Å². The molecule has 8 heteroatoms. The number of nitrogen functional groups attached to an aromatic ring is 1. The van der Waals surface area contributed by atoms with Crippen LogP contribution in [0.4, 0.5) is 10.1 Å². The van der Waals surface area contributed by atoms with Gasteiger partial charge in [0.1, 0.15) is 5.82 Å². The van der Waals surface area contributed by atoms with E-state index in [9.17, 15) is 17.6 Å². The van der Waals surface area contributed by atoms with E-state index in [1.807, 2.05) is 0 Å². The van der Waals surface area contributed by atoms with Crippen molar-refractivity contribution < 1.29 is 22.3 Å². The summed E-state index contributed by atoms with van der Waals surface area (Å²) in [5.74, 6) is -1.07. The molecule has 1 aromatic carbocycles. The summed E-state index contributed by atoms with van der Waals surface area (Å²) in [6.45, 7) is 0.148. The van der Waals surface area contributed by atoms with Crippen molar-refractivity contribution in [2.75, 3.05) is 26.4 Å². The molecule has 6 nitrogen and oxygen atoms in total. The predicted octanol–water partition coefficient (Wildman–Crippen LogP) is 0.982. The first kappa shape index (κ1) is 16.4. The molecule has 0 aliphatic heterocycles. The lowest BCUT2D eigenvalue weighted by Gasteiger charge is -2.17. The normalized spacial score (nSPS) is 11.6. The van der Waals surface area contributed by atoms with Crippen LogP contribution in [0.15, 0.2) is 23.1 Å². The minimum absolute atomic E-state index is 0.0861. The van der Waals surface area contributed by atoms with E-state index < -0.39 is 21.8 Å². The van der Waals surface area contributed by atoms with Gasteiger partial charge in [-0.3, -0.25) is 4.79 Å². The number of hydrogen-bond acceptors (Lipinski definition) is 5. The van der Waals surface area contributed by atoms with Gasteiger partial charge in [-0.25, -0.2) is 17.1 Å². The Labute approximate surface area is 117 Å². The van der Waals surface area contributed by atoms with Gasteiger partial charge in [-0.2, -0.15) is 0 Å². The Morgan fingerprint density at radius 3 is 2.65 bits per heavy atom. The van der Waals surface area contributed by atoms with Crippen LogP contribution >= 0.6 is 0 Å². The molecule has 2 N–H and O–H groups in total. The van der Waals surface area contributed by atoms with Crippen molar-refractivity contribution in [2.45, 2.75) is 17.7 Å². The number of esters is 1. The molecule has 0 atom stereocenters. The molecule has 112 valence electrons. The summed E-state index contributed by atoms with van der Waals surface area (Å²) < 4.78 is 42.9. The van der Waals surface area contributed by atoms with Gasteiger partial charge in [0.25, 0.3) is 0 Å². The number of benzene rings is 1. The number of carbonyl (C=O) groups excluding carboxylic acids is 1. The molecule has 0 bridgehead atoms. The van der Waals surface area contributed by atoms with Gasteiger partial charge in [-0.15, -0.1) is 0 Å². The van der Waals surface area contributed by atoms with Crippen molar-refractivity contribution in [3.63, 3.8) is 0 Å². The van der Waals surface area contributed by atoms with Crippen LogP contribution < -0.4 is 5.73 Å². The number of sulfonamides is 1. The van der Waals surface area contributed by atoms with Crippen LogP contribution in [0.25, 0.3) is 0 Å². The molecule has 0 spiro atoms. The average molecular weight is 304 g/mol. The van der Waals surface area contributed by atoms with Gasteiger partial charge in [-0.1, -0.05) is 0 Å². The number of carbonyl (C=O) groups is 1. The lowest BCUT2D eigenvalue weighted by molar-refractivity contribution is -0.140. The molecule has 1 aromatic rings. The van der Waals surface area contributed by atoms with Crippen molar-refractivity contribution in [3.8, 4) is 0 Å². The fourth-order valence-electron chi connectivity index (χ4n) is 1.53. The van der Waals surface area contributed by atoms with Crippen LogP contribution in [0.3, 0.4) is 0 Å². The standard InChI is InChI=1S/C12H17FN2O4S/c1-15(7-3-4-12(16)19-2)20(17,18)9-5-6-10(13)11(14)8-9/h5-6,8H,3-4,7,14H2,1-2H3. The third kappa shape index (κ3) is 3.91. The molecule has 0 aliphatic rings. The van der Waals surface area contributed by atoms with Gasteiger partial charge in [-0.05, 0) is 24.6 Å². The number of halogens is 1. The predicted molar refractivity (Wildman–Crippen MR) is 71.9 cm³/mol. The number of ether oxygens (including phenoxy) is 1. The molecule has 0 aliphatic carbocycles. The van der Waals surface area contributed by atoms with Crippen LogP contribution in [0.1, 0.15) is 12.8 Å². The van der Waals surface area contributed by atoms with Crippen molar-refractivity contribution >= 4 is 21.7 Å². The highest BCUT2D eigenvalue weighted by molar-refractivity contribution is 7.89. The maximum absolute atomic E-state index is 13.0. The Morgan fingerprint density at radius 2 is 2.10 bits per heavy atom. The minimum atomic E-state index is -3.75. The summed E-state index contributed by atoms with van der Waals surface area (Å²) in [6, 6.07) is 3.23. The third-order valence-electron chi connectivity index (χ3n) is 2.76. The number of hydrogen-bond donors (Lipinski definition) is 1. The van der Waals surface area contributed by atoms with Crippen LogP contribution in [0, 0.1) is 5.82 Å². The van der Waals surface area contributed by atoms with E-state index in [1.165, 1.54) is 14.2 Å². The molecular weight excluding hydrogens is 287 g/mol. The molecule has 0 saturated heterocycles. The van der Waals surface area contributed by atoms with Crippen LogP contribution in [-0.2, 0) is 19.6 Å². The topological polar surface area (TPSA) is 89.7 Å². The molecule has 0 radical (unpaired) electrons. The summed E-state index contributed by atoms with van der Waals surface area (Å²) >= 11 is 0. The molecule has 0 unspecified atom stereocenters. The molecule has 20 heavy (non-hydrogen) atoms. The number of nitrogens with zero attached hydrogens (tertiary/aromatic N) is 1. The quantitative estimate of drug-likeness (QED) is 0.625. The summed E-state index contributed by atoms with van der Waals surface area (Å²) in [4.78, 5) is 10.9. The molecule has 0 heterocycles. The molecule has 1 rings (SSSR count). The molecule has 0 aromatic heterocycles. The molecule has 0 saturated carbocycles. The first-order valence-electron chi connectivity index (χ1n) is 5.87. The lowest BCUT2D eigenvalue weighted by Crippen LogP contribution is -2.28. The van der Waals surface area contributed by atoms with E-state index in [2.05, 4.69) is 4.74 Å². The zero-order valence-electron chi connectivity index (χ0n) is 11.3. The average Bonchev–Trinajstić information content (AvgIpc) is 2.41. The van der Waals surface area contributed by atoms with E-state index in [0.29, 0.717) is 6.42 Å². The maximum Gasteiger partial charge on any atom is 0.305 e. The van der Waals surface area contributed by atoms with Gasteiger partial charge in [0.15, 0.2) is 0 Å². The van der Waals surface area contributed by atoms with Crippen molar-refractivity contribution in [1.29, 1.82) is 0 Å². The third-order valence-corrected chi connectivity index (χ3v) is 4.61. The fourth-order valence-corrected chi connectivity index (χ4v) is 2.78. The number of methoxy groups -OCH3 is 1. The van der Waals surface area contributed by atoms with E-state index >= 15 is 0 Å². The Morgan fingerprint density at radius 1 is 1.45 bits per heavy atom. The van der Waals surface area contributed by atoms with Crippen molar-refractivity contribution in [3.05, 3.63) is 24.0 Å². The zero-order chi connectivity index (χ0) is 15.3. The number of nitrogens with two attached hydrogens (primary N) is 1. The van der Waals surface area contributed by atoms with Crippen LogP contribution in [-0.4, -0.2) is 39.4 Å². The molecular formula is C12H17FN2O4S. The first-order valence-corrected chi connectivity index (χ1v) is 7.31. The summed E-state index contributed by atoms with van der Waals surface area (Å²) in [6.07, 6.45) is 0.459. The van der Waals surface area contributed by atoms with Gasteiger partial charge >= 0.3 is 5.97 Å². The van der Waals surface area contributed by atoms with Gasteiger partial charge in [0.2, 0.25) is 10.0 Å². The summed E-state index contributed by atoms with van der Waals surface area (Å²) in [5, 5.41) is 0. The molecule has 0 amide bonds. The SMILES string of the molecule is COC(=O)CCCN(C)S(=O)(=O)c1ccc(F)c(N)c1. The second-order valence-corrected chi connectivity index (χ2v) is 6.23.